The number of carbonyl (C=O) groups excluding carboxylic acids is 1. The van der Waals surface area contributed by atoms with Crippen molar-refractivity contribution in [2.45, 2.75) is 31.7 Å². The van der Waals surface area contributed by atoms with E-state index in [0.717, 1.165) is 11.8 Å². The van der Waals surface area contributed by atoms with E-state index in [-0.39, 0.29) is 11.8 Å². The Morgan fingerprint density at radius 3 is 2.75 bits per heavy atom. The number of fused-ring (bicyclic) bond motifs is 2. The largest absolute Gasteiger partial charge is 0.352 e. The molecule has 0 radical (unpaired) electrons. The Balaban J connectivity index is 1.86. The summed E-state index contributed by atoms with van der Waals surface area (Å²) >= 11 is 5.42. The Bertz CT molecular complexity index is 195. The maximum atomic E-state index is 11.0. The molecule has 2 fully saturated rings. The fourth-order valence-corrected chi connectivity index (χ4v) is 2.74. The molecule has 2 aliphatic rings. The van der Waals surface area contributed by atoms with Crippen LogP contribution in [0.2, 0.25) is 0 Å². The SMILES string of the molecule is O=C(CCl)NC1CC2CCC1C2. The van der Waals surface area contributed by atoms with Crippen molar-refractivity contribution >= 4 is 17.5 Å². The molecule has 0 aromatic carbocycles. The quantitative estimate of drug-likeness (QED) is 0.653. The van der Waals surface area contributed by atoms with Crippen molar-refractivity contribution in [2.75, 3.05) is 5.88 Å². The maximum Gasteiger partial charge on any atom is 0.235 e. The van der Waals surface area contributed by atoms with Gasteiger partial charge in [-0.15, -0.1) is 11.6 Å². The molecule has 1 N–H and O–H groups in total. The van der Waals surface area contributed by atoms with E-state index in [4.69, 9.17) is 11.6 Å². The lowest BCUT2D eigenvalue weighted by Gasteiger charge is -2.22. The van der Waals surface area contributed by atoms with Gasteiger partial charge in [-0.25, -0.2) is 0 Å². The van der Waals surface area contributed by atoms with E-state index < -0.39 is 0 Å². The number of hydrogen-bond acceptors (Lipinski definition) is 1. The number of nitrogens with one attached hydrogen (secondary N) is 1. The first-order chi connectivity index (χ1) is 5.79. The first-order valence-corrected chi connectivity index (χ1v) is 5.18. The highest BCUT2D eigenvalue weighted by molar-refractivity contribution is 6.27. The van der Waals surface area contributed by atoms with Gasteiger partial charge in [-0.2, -0.15) is 0 Å². The molecule has 2 nitrogen and oxygen atoms in total. The summed E-state index contributed by atoms with van der Waals surface area (Å²) in [5.41, 5.74) is 0. The van der Waals surface area contributed by atoms with Gasteiger partial charge < -0.3 is 5.32 Å². The van der Waals surface area contributed by atoms with E-state index in [0.29, 0.717) is 6.04 Å². The zero-order chi connectivity index (χ0) is 8.55. The monoisotopic (exact) mass is 187 g/mol. The van der Waals surface area contributed by atoms with E-state index in [2.05, 4.69) is 5.32 Å². The van der Waals surface area contributed by atoms with Crippen molar-refractivity contribution in [3.05, 3.63) is 0 Å². The number of rotatable bonds is 2. The maximum absolute atomic E-state index is 11.0. The van der Waals surface area contributed by atoms with Gasteiger partial charge in [0.15, 0.2) is 0 Å². The van der Waals surface area contributed by atoms with E-state index in [1.807, 2.05) is 0 Å². The van der Waals surface area contributed by atoms with Crippen molar-refractivity contribution < 1.29 is 4.79 Å². The molecule has 0 aromatic heterocycles. The molecule has 0 spiro atoms. The third kappa shape index (κ3) is 1.45. The van der Waals surface area contributed by atoms with E-state index in [1.165, 1.54) is 25.7 Å². The van der Waals surface area contributed by atoms with Crippen LogP contribution in [0.25, 0.3) is 0 Å². The van der Waals surface area contributed by atoms with Crippen molar-refractivity contribution in [2.24, 2.45) is 11.8 Å². The van der Waals surface area contributed by atoms with Crippen LogP contribution in [0.1, 0.15) is 25.7 Å². The topological polar surface area (TPSA) is 29.1 Å². The number of carbonyl (C=O) groups is 1. The van der Waals surface area contributed by atoms with Gasteiger partial charge in [-0.1, -0.05) is 6.42 Å². The van der Waals surface area contributed by atoms with Crippen LogP contribution in [0.15, 0.2) is 0 Å². The molecule has 1 amide bonds. The van der Waals surface area contributed by atoms with Crippen LogP contribution in [0.4, 0.5) is 0 Å². The molecular weight excluding hydrogens is 174 g/mol. The van der Waals surface area contributed by atoms with E-state index in [9.17, 15) is 4.79 Å². The summed E-state index contributed by atoms with van der Waals surface area (Å²) in [5, 5.41) is 2.99. The van der Waals surface area contributed by atoms with Gasteiger partial charge in [0, 0.05) is 6.04 Å². The third-order valence-corrected chi connectivity index (χ3v) is 3.45. The lowest BCUT2D eigenvalue weighted by Crippen LogP contribution is -2.39. The Morgan fingerprint density at radius 2 is 2.25 bits per heavy atom. The Morgan fingerprint density at radius 1 is 1.42 bits per heavy atom. The minimum absolute atomic E-state index is 0.00535. The van der Waals surface area contributed by atoms with Gasteiger partial charge in [0.25, 0.3) is 0 Å². The van der Waals surface area contributed by atoms with Gasteiger partial charge in [0.05, 0.1) is 0 Å². The van der Waals surface area contributed by atoms with Gasteiger partial charge in [-0.3, -0.25) is 4.79 Å². The first kappa shape index (κ1) is 8.36. The van der Waals surface area contributed by atoms with Gasteiger partial charge in [-0.05, 0) is 31.1 Å². The van der Waals surface area contributed by atoms with Crippen molar-refractivity contribution in [3.63, 3.8) is 0 Å². The minimum Gasteiger partial charge on any atom is -0.352 e. The first-order valence-electron chi connectivity index (χ1n) is 4.65. The fraction of sp³-hybridized carbons (Fsp3) is 0.889. The smallest absolute Gasteiger partial charge is 0.235 e. The summed E-state index contributed by atoms with van der Waals surface area (Å²) in [6, 6.07) is 0.440. The Hall–Kier alpha value is -0.240. The number of amides is 1. The Kier molecular flexibility index (Phi) is 2.26. The normalized spacial score (nSPS) is 38.6. The van der Waals surface area contributed by atoms with Crippen molar-refractivity contribution in [1.82, 2.24) is 5.32 Å². The lowest BCUT2D eigenvalue weighted by atomic mass is 9.95. The lowest BCUT2D eigenvalue weighted by molar-refractivity contribution is -0.119. The fourth-order valence-electron chi connectivity index (χ4n) is 2.67. The molecule has 68 valence electrons. The van der Waals surface area contributed by atoms with Crippen molar-refractivity contribution in [1.29, 1.82) is 0 Å². The molecule has 2 saturated carbocycles. The number of halogens is 1. The summed E-state index contributed by atoms with van der Waals surface area (Å²) < 4.78 is 0. The van der Waals surface area contributed by atoms with Gasteiger partial charge in [0.2, 0.25) is 5.91 Å². The molecule has 2 rings (SSSR count). The molecule has 3 unspecified atom stereocenters. The van der Waals surface area contributed by atoms with Crippen LogP contribution in [0.3, 0.4) is 0 Å². The van der Waals surface area contributed by atoms with Crippen molar-refractivity contribution in [3.8, 4) is 0 Å². The highest BCUT2D eigenvalue weighted by atomic mass is 35.5. The molecular formula is C9H14ClNO. The van der Waals surface area contributed by atoms with Crippen LogP contribution < -0.4 is 5.32 Å². The summed E-state index contributed by atoms with van der Waals surface area (Å²) in [6.07, 6.45) is 5.19. The Labute approximate surface area is 77.7 Å². The van der Waals surface area contributed by atoms with Crippen LogP contribution in [-0.4, -0.2) is 17.8 Å². The number of alkyl halides is 1. The number of hydrogen-bond donors (Lipinski definition) is 1. The molecule has 2 aliphatic carbocycles. The van der Waals surface area contributed by atoms with Crippen LogP contribution in [0.5, 0.6) is 0 Å². The van der Waals surface area contributed by atoms with Crippen LogP contribution in [-0.2, 0) is 4.79 Å². The average Bonchev–Trinajstić information content (AvgIpc) is 2.64. The van der Waals surface area contributed by atoms with Gasteiger partial charge in [0.1, 0.15) is 5.88 Å². The summed E-state index contributed by atoms with van der Waals surface area (Å²) in [6.45, 7) is 0. The van der Waals surface area contributed by atoms with Gasteiger partial charge >= 0.3 is 0 Å². The minimum atomic E-state index is -0.00535. The average molecular weight is 188 g/mol. The zero-order valence-electron chi connectivity index (χ0n) is 7.05. The highest BCUT2D eigenvalue weighted by Crippen LogP contribution is 2.44. The van der Waals surface area contributed by atoms with Crippen LogP contribution >= 0.6 is 11.6 Å². The zero-order valence-corrected chi connectivity index (χ0v) is 7.81. The standard InChI is InChI=1S/C9H14ClNO/c10-5-9(12)11-8-4-6-1-2-7(8)3-6/h6-8H,1-5H2,(H,11,12). The highest BCUT2D eigenvalue weighted by Gasteiger charge is 2.39. The summed E-state index contributed by atoms with van der Waals surface area (Å²) in [4.78, 5) is 11.0. The third-order valence-electron chi connectivity index (χ3n) is 3.21. The summed E-state index contributed by atoms with van der Waals surface area (Å²) in [7, 11) is 0. The molecule has 0 saturated heterocycles. The second-order valence-electron chi connectivity index (χ2n) is 3.98. The van der Waals surface area contributed by atoms with E-state index in [1.54, 1.807) is 0 Å². The van der Waals surface area contributed by atoms with E-state index >= 15 is 0 Å². The van der Waals surface area contributed by atoms with Crippen LogP contribution in [0, 0.1) is 11.8 Å². The molecule has 0 aromatic rings. The second kappa shape index (κ2) is 3.25. The predicted molar refractivity (Wildman–Crippen MR) is 48.1 cm³/mol. The molecule has 2 bridgehead atoms. The second-order valence-corrected chi connectivity index (χ2v) is 4.25. The predicted octanol–water partition coefficient (Wildman–Crippen LogP) is 1.53. The molecule has 0 heterocycles. The molecule has 0 aliphatic heterocycles. The molecule has 12 heavy (non-hydrogen) atoms. The summed E-state index contributed by atoms with van der Waals surface area (Å²) in [5.74, 6) is 1.74. The molecule has 3 atom stereocenters. The molecule has 3 heteroatoms.